The van der Waals surface area contributed by atoms with Gasteiger partial charge in [0.05, 0.1) is 5.69 Å². The molecule has 0 unspecified atom stereocenters. The van der Waals surface area contributed by atoms with Crippen LogP contribution in [0.5, 0.6) is 11.8 Å². The van der Waals surface area contributed by atoms with E-state index in [1.165, 1.54) is 17.3 Å². The first-order valence-corrected chi connectivity index (χ1v) is 5.68. The Labute approximate surface area is 113 Å². The third-order valence-electron chi connectivity index (χ3n) is 2.40. The fraction of sp³-hybridized carbons (Fsp3) is 0.0909. The summed E-state index contributed by atoms with van der Waals surface area (Å²) in [5, 5.41) is 3.92. The van der Waals surface area contributed by atoms with Crippen molar-refractivity contribution < 1.29 is 4.74 Å². The lowest BCUT2D eigenvalue weighted by Crippen LogP contribution is -2.08. The number of pyridine rings is 1. The van der Waals surface area contributed by atoms with Crippen LogP contribution < -0.4 is 10.5 Å². The molecule has 20 heavy (non-hydrogen) atoms. The van der Waals surface area contributed by atoms with Gasteiger partial charge in [-0.3, -0.25) is 4.98 Å². The second-order valence-corrected chi connectivity index (χ2v) is 3.81. The molecule has 0 bridgehead atoms. The van der Waals surface area contributed by atoms with E-state index in [1.54, 1.807) is 18.3 Å². The van der Waals surface area contributed by atoms with E-state index in [2.05, 4.69) is 30.0 Å². The van der Waals surface area contributed by atoms with Crippen molar-refractivity contribution >= 4 is 5.95 Å². The van der Waals surface area contributed by atoms with Gasteiger partial charge in [0.2, 0.25) is 5.95 Å². The molecule has 0 aromatic carbocycles. The van der Waals surface area contributed by atoms with Gasteiger partial charge in [-0.15, -0.1) is 0 Å². The largest absolute Gasteiger partial charge is 0.422 e. The van der Waals surface area contributed by atoms with Crippen LogP contribution in [-0.4, -0.2) is 34.7 Å². The molecule has 3 heterocycles. The third kappa shape index (κ3) is 2.36. The van der Waals surface area contributed by atoms with Crippen LogP contribution in [0.15, 0.2) is 31.0 Å². The molecule has 0 fully saturated rings. The number of nitrogens with two attached hydrogens (primary N) is 1. The quantitative estimate of drug-likeness (QED) is 0.732. The zero-order chi connectivity index (χ0) is 13.9. The van der Waals surface area contributed by atoms with Crippen LogP contribution in [0.1, 0.15) is 5.69 Å². The van der Waals surface area contributed by atoms with Crippen LogP contribution in [0, 0.1) is 6.92 Å². The number of rotatable bonds is 3. The molecule has 0 aliphatic heterocycles. The second kappa shape index (κ2) is 4.88. The molecule has 100 valence electrons. The summed E-state index contributed by atoms with van der Waals surface area (Å²) in [6, 6.07) is 3.59. The maximum Gasteiger partial charge on any atom is 0.328 e. The molecular formula is C11H10N8O. The Bertz CT molecular complexity index is 727. The van der Waals surface area contributed by atoms with Gasteiger partial charge in [-0.25, -0.2) is 4.98 Å². The summed E-state index contributed by atoms with van der Waals surface area (Å²) in [5.41, 5.74) is 6.35. The summed E-state index contributed by atoms with van der Waals surface area (Å²) in [5.74, 6) is 0.802. The Balaban J connectivity index is 1.97. The van der Waals surface area contributed by atoms with Gasteiger partial charge < -0.3 is 10.5 Å². The fourth-order valence-corrected chi connectivity index (χ4v) is 1.50. The van der Waals surface area contributed by atoms with Crippen molar-refractivity contribution in [1.82, 2.24) is 34.7 Å². The summed E-state index contributed by atoms with van der Waals surface area (Å²) in [6.45, 7) is 1.82. The molecule has 9 nitrogen and oxygen atoms in total. The average Bonchev–Trinajstić information content (AvgIpc) is 2.95. The van der Waals surface area contributed by atoms with E-state index in [1.807, 2.05) is 6.92 Å². The van der Waals surface area contributed by atoms with Gasteiger partial charge in [0.15, 0.2) is 5.75 Å². The Kier molecular flexibility index (Phi) is 2.92. The van der Waals surface area contributed by atoms with Crippen molar-refractivity contribution in [3.63, 3.8) is 0 Å². The number of nitrogens with zero attached hydrogens (tertiary/aromatic N) is 7. The van der Waals surface area contributed by atoms with Crippen molar-refractivity contribution in [2.75, 3.05) is 5.73 Å². The van der Waals surface area contributed by atoms with Gasteiger partial charge in [0.1, 0.15) is 12.7 Å². The minimum atomic E-state index is 0.0297. The fourth-order valence-electron chi connectivity index (χ4n) is 1.50. The maximum atomic E-state index is 5.64. The highest BCUT2D eigenvalue weighted by Gasteiger charge is 2.10. The maximum absolute atomic E-state index is 5.64. The van der Waals surface area contributed by atoms with E-state index in [0.29, 0.717) is 11.4 Å². The van der Waals surface area contributed by atoms with Crippen LogP contribution in [0.2, 0.25) is 0 Å². The monoisotopic (exact) mass is 270 g/mol. The van der Waals surface area contributed by atoms with Crippen LogP contribution in [0.3, 0.4) is 0 Å². The highest BCUT2D eigenvalue weighted by atomic mass is 16.5. The number of ether oxygens (including phenoxy) is 1. The number of aryl methyl sites for hydroxylation is 1. The summed E-state index contributed by atoms with van der Waals surface area (Å²) in [4.78, 5) is 19.9. The summed E-state index contributed by atoms with van der Waals surface area (Å²) >= 11 is 0. The number of aromatic nitrogens is 7. The molecule has 0 radical (unpaired) electrons. The van der Waals surface area contributed by atoms with E-state index < -0.39 is 0 Å². The highest BCUT2D eigenvalue weighted by molar-refractivity contribution is 5.30. The Morgan fingerprint density at radius 3 is 2.90 bits per heavy atom. The molecule has 9 heteroatoms. The average molecular weight is 270 g/mol. The lowest BCUT2D eigenvalue weighted by atomic mass is 10.3. The number of hydrogen-bond donors (Lipinski definition) is 1. The molecule has 0 spiro atoms. The van der Waals surface area contributed by atoms with Crippen LogP contribution in [0.4, 0.5) is 5.95 Å². The molecule has 0 saturated carbocycles. The Hall–Kier alpha value is -3.10. The van der Waals surface area contributed by atoms with Crippen molar-refractivity contribution in [2.24, 2.45) is 0 Å². The van der Waals surface area contributed by atoms with Crippen LogP contribution in [0.25, 0.3) is 5.95 Å². The summed E-state index contributed by atoms with van der Waals surface area (Å²) in [7, 11) is 0. The molecule has 3 aromatic rings. The van der Waals surface area contributed by atoms with Crippen molar-refractivity contribution in [1.29, 1.82) is 0 Å². The van der Waals surface area contributed by atoms with Gasteiger partial charge in [-0.05, 0) is 19.1 Å². The van der Waals surface area contributed by atoms with Gasteiger partial charge in [-0.1, -0.05) is 0 Å². The number of nitrogen functional groups attached to an aromatic ring is 1. The number of anilines is 1. The summed E-state index contributed by atoms with van der Waals surface area (Å²) < 4.78 is 6.92. The molecule has 2 N–H and O–H groups in total. The van der Waals surface area contributed by atoms with E-state index in [-0.39, 0.29) is 17.9 Å². The standard InChI is InChI=1S/C11H10N8O/c1-7-8(3-2-4-14-7)20-11-17-9(12)16-10(18-11)19-6-13-5-15-19/h2-6H,1H3,(H2,12,16,17,18). The first-order valence-electron chi connectivity index (χ1n) is 5.68. The van der Waals surface area contributed by atoms with E-state index in [4.69, 9.17) is 10.5 Å². The van der Waals surface area contributed by atoms with E-state index in [9.17, 15) is 0 Å². The van der Waals surface area contributed by atoms with Crippen molar-refractivity contribution in [2.45, 2.75) is 6.92 Å². The van der Waals surface area contributed by atoms with Gasteiger partial charge in [0.25, 0.3) is 5.95 Å². The zero-order valence-corrected chi connectivity index (χ0v) is 10.5. The Morgan fingerprint density at radius 1 is 1.25 bits per heavy atom. The second-order valence-electron chi connectivity index (χ2n) is 3.81. The van der Waals surface area contributed by atoms with Crippen LogP contribution in [-0.2, 0) is 0 Å². The summed E-state index contributed by atoms with van der Waals surface area (Å²) in [6.07, 6.45) is 4.49. The SMILES string of the molecule is Cc1ncccc1Oc1nc(N)nc(-n2cncn2)n1. The highest BCUT2D eigenvalue weighted by Crippen LogP contribution is 2.20. The molecule has 3 rings (SSSR count). The minimum absolute atomic E-state index is 0.0297. The topological polar surface area (TPSA) is 118 Å². The molecule has 0 aliphatic rings. The van der Waals surface area contributed by atoms with E-state index >= 15 is 0 Å². The Morgan fingerprint density at radius 2 is 2.15 bits per heavy atom. The number of hydrogen-bond acceptors (Lipinski definition) is 8. The van der Waals surface area contributed by atoms with Gasteiger partial charge in [0, 0.05) is 6.20 Å². The lowest BCUT2D eigenvalue weighted by Gasteiger charge is -2.07. The molecule has 0 saturated heterocycles. The van der Waals surface area contributed by atoms with Gasteiger partial charge in [-0.2, -0.15) is 24.7 Å². The first-order chi connectivity index (χ1) is 9.72. The predicted molar refractivity (Wildman–Crippen MR) is 68.2 cm³/mol. The molecule has 3 aromatic heterocycles. The molecule has 0 aliphatic carbocycles. The lowest BCUT2D eigenvalue weighted by molar-refractivity contribution is 0.433. The normalized spacial score (nSPS) is 10.4. The van der Waals surface area contributed by atoms with Crippen LogP contribution >= 0.6 is 0 Å². The van der Waals surface area contributed by atoms with Crippen molar-refractivity contribution in [3.8, 4) is 17.7 Å². The molecular weight excluding hydrogens is 260 g/mol. The van der Waals surface area contributed by atoms with Gasteiger partial charge >= 0.3 is 6.01 Å². The van der Waals surface area contributed by atoms with Crippen molar-refractivity contribution in [3.05, 3.63) is 36.7 Å². The molecule has 0 amide bonds. The minimum Gasteiger partial charge on any atom is -0.422 e. The van der Waals surface area contributed by atoms with E-state index in [0.717, 1.165) is 0 Å². The predicted octanol–water partition coefficient (Wildman–Crippen LogP) is 0.530. The molecule has 0 atom stereocenters. The smallest absolute Gasteiger partial charge is 0.328 e. The zero-order valence-electron chi connectivity index (χ0n) is 10.5. The third-order valence-corrected chi connectivity index (χ3v) is 2.40. The first kappa shape index (κ1) is 12.0.